The van der Waals surface area contributed by atoms with Gasteiger partial charge < -0.3 is 10.2 Å². The molecule has 0 bridgehead atoms. The van der Waals surface area contributed by atoms with Gasteiger partial charge in [0, 0.05) is 12.2 Å². The summed E-state index contributed by atoms with van der Waals surface area (Å²) < 4.78 is 0. The molecule has 0 saturated carbocycles. The van der Waals surface area contributed by atoms with Gasteiger partial charge in [0.05, 0.1) is 19.0 Å². The number of hydrogen-bond acceptors (Lipinski definition) is 4. The van der Waals surface area contributed by atoms with Gasteiger partial charge in [-0.3, -0.25) is 9.79 Å². The average molecular weight is 349 g/mol. The number of carbonyl (C=O) groups is 1. The molecule has 2 aliphatic heterocycles. The lowest BCUT2D eigenvalue weighted by Gasteiger charge is -2.21. The van der Waals surface area contributed by atoms with E-state index in [1.54, 1.807) is 11.8 Å². The summed E-state index contributed by atoms with van der Waals surface area (Å²) in [6.45, 7) is 1.69. The number of benzene rings is 2. The fraction of sp³-hybridized carbons (Fsp3) is 0.200. The van der Waals surface area contributed by atoms with Gasteiger partial charge in [-0.1, -0.05) is 72.4 Å². The Morgan fingerprint density at radius 1 is 1.08 bits per heavy atom. The Morgan fingerprint density at radius 3 is 2.36 bits per heavy atom. The van der Waals surface area contributed by atoms with Gasteiger partial charge in [-0.05, 0) is 16.5 Å². The SMILES string of the molecule is O=C(CC1=CSC2=NCCN12)NC(c1ccccc1)c1ccccc1. The Kier molecular flexibility index (Phi) is 4.57. The van der Waals surface area contributed by atoms with Gasteiger partial charge >= 0.3 is 0 Å². The van der Waals surface area contributed by atoms with Crippen molar-refractivity contribution in [3.8, 4) is 0 Å². The van der Waals surface area contributed by atoms with Crippen molar-refractivity contribution in [1.82, 2.24) is 10.2 Å². The highest BCUT2D eigenvalue weighted by Gasteiger charge is 2.28. The molecule has 0 unspecified atom stereocenters. The van der Waals surface area contributed by atoms with Gasteiger partial charge in [-0.15, -0.1) is 0 Å². The minimum Gasteiger partial charge on any atom is -0.345 e. The fourth-order valence-corrected chi connectivity index (χ4v) is 4.10. The molecule has 2 heterocycles. The smallest absolute Gasteiger partial charge is 0.226 e. The predicted molar refractivity (Wildman–Crippen MR) is 102 cm³/mol. The first-order chi connectivity index (χ1) is 12.3. The third kappa shape index (κ3) is 3.46. The van der Waals surface area contributed by atoms with Crippen molar-refractivity contribution in [2.24, 2.45) is 4.99 Å². The van der Waals surface area contributed by atoms with Crippen LogP contribution in [0.5, 0.6) is 0 Å². The van der Waals surface area contributed by atoms with Crippen molar-refractivity contribution >= 4 is 22.8 Å². The first-order valence-corrected chi connectivity index (χ1v) is 9.26. The minimum atomic E-state index is -0.142. The summed E-state index contributed by atoms with van der Waals surface area (Å²) in [4.78, 5) is 19.3. The summed E-state index contributed by atoms with van der Waals surface area (Å²) in [5.74, 6) is 0.0257. The van der Waals surface area contributed by atoms with E-state index in [2.05, 4.69) is 15.2 Å². The molecule has 25 heavy (non-hydrogen) atoms. The highest BCUT2D eigenvalue weighted by Crippen LogP contribution is 2.31. The van der Waals surface area contributed by atoms with E-state index in [-0.39, 0.29) is 11.9 Å². The number of hydrogen-bond donors (Lipinski definition) is 1. The van der Waals surface area contributed by atoms with Crippen LogP contribution in [0.3, 0.4) is 0 Å². The number of thioether (sulfide) groups is 1. The molecule has 4 nitrogen and oxygen atoms in total. The monoisotopic (exact) mass is 349 g/mol. The lowest BCUT2D eigenvalue weighted by atomic mass is 9.98. The molecule has 0 radical (unpaired) electrons. The van der Waals surface area contributed by atoms with Gasteiger partial charge in [0.2, 0.25) is 5.91 Å². The number of nitrogens with one attached hydrogen (secondary N) is 1. The maximum Gasteiger partial charge on any atom is 0.226 e. The molecule has 2 aromatic carbocycles. The Morgan fingerprint density at radius 2 is 1.72 bits per heavy atom. The Bertz CT molecular complexity index is 778. The number of nitrogens with zero attached hydrogens (tertiary/aromatic N) is 2. The first kappa shape index (κ1) is 16.0. The number of amides is 1. The van der Waals surface area contributed by atoms with Gasteiger partial charge in [-0.2, -0.15) is 0 Å². The lowest BCUT2D eigenvalue weighted by molar-refractivity contribution is -0.121. The molecule has 0 aromatic heterocycles. The number of fused-ring (bicyclic) bond motifs is 1. The third-order valence-electron chi connectivity index (χ3n) is 4.36. The molecule has 5 heteroatoms. The average Bonchev–Trinajstić information content (AvgIpc) is 3.26. The highest BCUT2D eigenvalue weighted by atomic mass is 32.2. The standard InChI is InChI=1S/C20H19N3OS/c24-18(13-17-14-25-20-21-11-12-23(17)20)22-19(15-7-3-1-4-8-15)16-9-5-2-6-10-16/h1-10,14,19H,11-13H2,(H,22,24). The molecule has 1 N–H and O–H groups in total. The summed E-state index contributed by atoms with van der Waals surface area (Å²) in [5, 5.41) is 6.26. The molecular formula is C20H19N3OS. The van der Waals surface area contributed by atoms with Crippen molar-refractivity contribution in [1.29, 1.82) is 0 Å². The maximum absolute atomic E-state index is 12.7. The third-order valence-corrected chi connectivity index (χ3v) is 5.31. The number of rotatable bonds is 5. The first-order valence-electron chi connectivity index (χ1n) is 8.38. The van der Waals surface area contributed by atoms with Gasteiger partial charge in [0.15, 0.2) is 5.17 Å². The van der Waals surface area contributed by atoms with Crippen LogP contribution in [0.2, 0.25) is 0 Å². The van der Waals surface area contributed by atoms with Crippen LogP contribution in [0.4, 0.5) is 0 Å². The second kappa shape index (κ2) is 7.15. The molecule has 1 amide bonds. The van der Waals surface area contributed by atoms with E-state index in [1.165, 1.54) is 0 Å². The van der Waals surface area contributed by atoms with Crippen LogP contribution in [-0.4, -0.2) is 29.1 Å². The van der Waals surface area contributed by atoms with Crippen molar-refractivity contribution in [2.45, 2.75) is 12.5 Å². The number of carbonyl (C=O) groups excluding carboxylic acids is 1. The van der Waals surface area contributed by atoms with E-state index in [0.717, 1.165) is 35.1 Å². The van der Waals surface area contributed by atoms with E-state index in [9.17, 15) is 4.79 Å². The van der Waals surface area contributed by atoms with Crippen LogP contribution < -0.4 is 5.32 Å². The molecule has 2 aliphatic rings. The van der Waals surface area contributed by atoms with Crippen LogP contribution in [0.15, 0.2) is 76.8 Å². The molecule has 0 fully saturated rings. The van der Waals surface area contributed by atoms with E-state index < -0.39 is 0 Å². The van der Waals surface area contributed by atoms with Crippen molar-refractivity contribution in [3.05, 3.63) is 82.9 Å². The zero-order chi connectivity index (χ0) is 17.1. The molecule has 0 aliphatic carbocycles. The summed E-state index contributed by atoms with van der Waals surface area (Å²) in [6.07, 6.45) is 0.377. The topological polar surface area (TPSA) is 44.7 Å². The second-order valence-corrected chi connectivity index (χ2v) is 6.88. The van der Waals surface area contributed by atoms with E-state index in [1.807, 2.05) is 66.1 Å². The fourth-order valence-electron chi connectivity index (χ4n) is 3.14. The van der Waals surface area contributed by atoms with E-state index in [4.69, 9.17) is 0 Å². The summed E-state index contributed by atoms with van der Waals surface area (Å²) >= 11 is 1.61. The maximum atomic E-state index is 12.7. The van der Waals surface area contributed by atoms with Crippen LogP contribution in [-0.2, 0) is 4.79 Å². The summed E-state index contributed by atoms with van der Waals surface area (Å²) in [6, 6.07) is 20.0. The zero-order valence-electron chi connectivity index (χ0n) is 13.8. The predicted octanol–water partition coefficient (Wildman–Crippen LogP) is 3.54. The Hall–Kier alpha value is -2.53. The number of aliphatic imine (C=N–C) groups is 1. The van der Waals surface area contributed by atoms with Crippen LogP contribution >= 0.6 is 11.8 Å². The molecule has 0 atom stereocenters. The zero-order valence-corrected chi connectivity index (χ0v) is 14.6. The van der Waals surface area contributed by atoms with Crippen molar-refractivity contribution < 1.29 is 4.79 Å². The molecule has 4 rings (SSSR count). The minimum absolute atomic E-state index is 0.0257. The molecule has 0 saturated heterocycles. The second-order valence-electron chi connectivity index (χ2n) is 6.04. The van der Waals surface area contributed by atoms with Gasteiger partial charge in [0.25, 0.3) is 0 Å². The van der Waals surface area contributed by atoms with Gasteiger partial charge in [-0.25, -0.2) is 0 Å². The highest BCUT2D eigenvalue weighted by molar-refractivity contribution is 8.16. The van der Waals surface area contributed by atoms with E-state index >= 15 is 0 Å². The van der Waals surface area contributed by atoms with Crippen LogP contribution in [0.1, 0.15) is 23.6 Å². The largest absolute Gasteiger partial charge is 0.345 e. The normalized spacial score (nSPS) is 15.8. The Labute approximate surface area is 151 Å². The molecule has 0 spiro atoms. The van der Waals surface area contributed by atoms with Crippen LogP contribution in [0, 0.1) is 0 Å². The van der Waals surface area contributed by atoms with E-state index in [0.29, 0.717) is 6.42 Å². The van der Waals surface area contributed by atoms with Crippen molar-refractivity contribution in [3.63, 3.8) is 0 Å². The number of amidine groups is 1. The van der Waals surface area contributed by atoms with Crippen molar-refractivity contribution in [2.75, 3.05) is 13.1 Å². The van der Waals surface area contributed by atoms with Gasteiger partial charge in [0.1, 0.15) is 0 Å². The molecule has 2 aromatic rings. The molecule has 126 valence electrons. The Balaban J connectivity index is 1.51. The molecular weight excluding hydrogens is 330 g/mol. The lowest BCUT2D eigenvalue weighted by Crippen LogP contribution is -2.31. The van der Waals surface area contributed by atoms with Crippen LogP contribution in [0.25, 0.3) is 0 Å². The quantitative estimate of drug-likeness (QED) is 0.898. The summed E-state index contributed by atoms with van der Waals surface area (Å²) in [7, 11) is 0. The summed E-state index contributed by atoms with van der Waals surface area (Å²) in [5.41, 5.74) is 3.21.